The molecule has 0 aliphatic carbocycles. The van der Waals surface area contributed by atoms with E-state index in [0.717, 1.165) is 0 Å². The van der Waals surface area contributed by atoms with E-state index >= 15 is 0 Å². The van der Waals surface area contributed by atoms with E-state index < -0.39 is 9.84 Å². The van der Waals surface area contributed by atoms with Gasteiger partial charge in [0.1, 0.15) is 0 Å². The monoisotopic (exact) mass is 216 g/mol. The fourth-order valence-electron chi connectivity index (χ4n) is 1.22. The Labute approximate surface area is 89.1 Å². The maximum atomic E-state index is 12.0. The predicted octanol–water partition coefficient (Wildman–Crippen LogP) is 2.12. The molecule has 0 saturated heterocycles. The second-order valence-corrected chi connectivity index (χ2v) is 4.89. The van der Waals surface area contributed by atoms with Crippen LogP contribution in [0.1, 0.15) is 0 Å². The molecule has 0 spiro atoms. The molecule has 2 aromatic rings. The molecule has 0 aliphatic rings. The van der Waals surface area contributed by atoms with Gasteiger partial charge in [0.25, 0.3) is 0 Å². The van der Waals surface area contributed by atoms with Crippen molar-refractivity contribution >= 4 is 9.84 Å². The van der Waals surface area contributed by atoms with Crippen LogP contribution >= 0.6 is 0 Å². The van der Waals surface area contributed by atoms with E-state index in [2.05, 4.69) is 12.1 Å². The molecule has 0 amide bonds. The minimum Gasteiger partial charge on any atom is -0.218 e. The summed E-state index contributed by atoms with van der Waals surface area (Å²) in [5, 5.41) is 0. The van der Waals surface area contributed by atoms with Crippen LogP contribution in [0.2, 0.25) is 0 Å². The highest BCUT2D eigenvalue weighted by Gasteiger charge is 2.16. The lowest BCUT2D eigenvalue weighted by Gasteiger charge is -2.02. The molecule has 0 N–H and O–H groups in total. The maximum Gasteiger partial charge on any atom is 0.207 e. The number of hydrogen-bond acceptors (Lipinski definition) is 2. The molecule has 2 aromatic carbocycles. The SMILES string of the molecule is O=S(=O)(c1[c][c]ccc1)c1ccccc1. The van der Waals surface area contributed by atoms with E-state index in [-0.39, 0.29) is 9.79 Å². The Balaban J connectivity index is 2.55. The molecular weight excluding hydrogens is 208 g/mol. The highest BCUT2D eigenvalue weighted by atomic mass is 32.2. The summed E-state index contributed by atoms with van der Waals surface area (Å²) in [6.07, 6.45) is 0. The number of hydrogen-bond donors (Lipinski definition) is 0. The highest BCUT2D eigenvalue weighted by molar-refractivity contribution is 7.91. The Bertz CT molecular complexity index is 485. The van der Waals surface area contributed by atoms with Crippen LogP contribution in [-0.2, 0) is 9.84 Å². The number of sulfone groups is 1. The smallest absolute Gasteiger partial charge is 0.207 e. The lowest BCUT2D eigenvalue weighted by molar-refractivity contribution is 0.596. The number of rotatable bonds is 2. The van der Waals surface area contributed by atoms with Crippen molar-refractivity contribution in [2.75, 3.05) is 0 Å². The summed E-state index contributed by atoms with van der Waals surface area (Å²) < 4.78 is 24.0. The Morgan fingerprint density at radius 1 is 0.933 bits per heavy atom. The van der Waals surface area contributed by atoms with Gasteiger partial charge in [0.05, 0.1) is 9.79 Å². The summed E-state index contributed by atoms with van der Waals surface area (Å²) >= 11 is 0. The van der Waals surface area contributed by atoms with Crippen molar-refractivity contribution in [3.8, 4) is 0 Å². The molecule has 0 atom stereocenters. The Morgan fingerprint density at radius 3 is 2.27 bits per heavy atom. The largest absolute Gasteiger partial charge is 0.218 e. The molecule has 2 nitrogen and oxygen atoms in total. The molecule has 0 aromatic heterocycles. The molecule has 0 heterocycles. The van der Waals surface area contributed by atoms with Gasteiger partial charge in [-0.2, -0.15) is 0 Å². The van der Waals surface area contributed by atoms with Gasteiger partial charge in [0.2, 0.25) is 9.84 Å². The fraction of sp³-hybridized carbons (Fsp3) is 0. The Kier molecular flexibility index (Phi) is 2.56. The van der Waals surface area contributed by atoms with E-state index in [1.54, 1.807) is 42.5 Å². The van der Waals surface area contributed by atoms with E-state index in [1.807, 2.05) is 0 Å². The average molecular weight is 216 g/mol. The van der Waals surface area contributed by atoms with E-state index in [4.69, 9.17) is 0 Å². The lowest BCUT2D eigenvalue weighted by Crippen LogP contribution is -2.01. The molecule has 0 saturated carbocycles. The van der Waals surface area contributed by atoms with Crippen LogP contribution < -0.4 is 0 Å². The molecule has 15 heavy (non-hydrogen) atoms. The van der Waals surface area contributed by atoms with Gasteiger partial charge < -0.3 is 0 Å². The summed E-state index contributed by atoms with van der Waals surface area (Å²) in [6.45, 7) is 0. The first kappa shape index (κ1) is 9.93. The molecular formula is C12H8O2S. The lowest BCUT2D eigenvalue weighted by atomic mass is 10.4. The standard InChI is InChI=1S/C12H8O2S/c13-15(14,11-7-3-1-4-8-11)12-9-5-2-6-10-12/h1-5,7-9H. The van der Waals surface area contributed by atoms with Gasteiger partial charge in [-0.3, -0.25) is 0 Å². The van der Waals surface area contributed by atoms with Gasteiger partial charge >= 0.3 is 0 Å². The first-order chi connectivity index (χ1) is 7.21. The first-order valence-corrected chi connectivity index (χ1v) is 5.88. The normalized spacial score (nSPS) is 11.2. The van der Waals surface area contributed by atoms with Crippen molar-refractivity contribution in [2.45, 2.75) is 9.79 Å². The van der Waals surface area contributed by atoms with Crippen LogP contribution in [0.25, 0.3) is 0 Å². The van der Waals surface area contributed by atoms with Crippen molar-refractivity contribution in [1.82, 2.24) is 0 Å². The van der Waals surface area contributed by atoms with Gasteiger partial charge in [-0.25, -0.2) is 8.42 Å². The van der Waals surface area contributed by atoms with Gasteiger partial charge in [-0.15, -0.1) is 0 Å². The zero-order valence-corrected chi connectivity index (χ0v) is 8.66. The summed E-state index contributed by atoms with van der Waals surface area (Å²) in [7, 11) is -3.43. The summed E-state index contributed by atoms with van der Waals surface area (Å²) in [4.78, 5) is 0.428. The summed E-state index contributed by atoms with van der Waals surface area (Å²) in [5.74, 6) is 0. The van der Waals surface area contributed by atoms with Crippen LogP contribution in [0.15, 0.2) is 58.3 Å². The molecule has 0 fully saturated rings. The number of benzene rings is 2. The molecule has 0 aliphatic heterocycles. The first-order valence-electron chi connectivity index (χ1n) is 4.40. The van der Waals surface area contributed by atoms with Crippen molar-refractivity contribution in [3.63, 3.8) is 0 Å². The van der Waals surface area contributed by atoms with E-state index in [1.165, 1.54) is 6.07 Å². The molecule has 2 radical (unpaired) electrons. The van der Waals surface area contributed by atoms with Crippen molar-refractivity contribution < 1.29 is 8.42 Å². The van der Waals surface area contributed by atoms with Crippen molar-refractivity contribution in [1.29, 1.82) is 0 Å². The fourth-order valence-corrected chi connectivity index (χ4v) is 2.44. The molecule has 74 valence electrons. The Morgan fingerprint density at radius 2 is 1.67 bits per heavy atom. The molecule has 2 rings (SSSR count). The van der Waals surface area contributed by atoms with Crippen LogP contribution in [-0.4, -0.2) is 8.42 Å². The Hall–Kier alpha value is -1.61. The third kappa shape index (κ3) is 1.92. The van der Waals surface area contributed by atoms with Gasteiger partial charge in [-0.1, -0.05) is 30.3 Å². The zero-order valence-electron chi connectivity index (χ0n) is 7.84. The summed E-state index contributed by atoms with van der Waals surface area (Å²) in [5.41, 5.74) is 0. The molecule has 3 heteroatoms. The highest BCUT2D eigenvalue weighted by Crippen LogP contribution is 2.18. The maximum absolute atomic E-state index is 12.0. The quantitative estimate of drug-likeness (QED) is 0.770. The van der Waals surface area contributed by atoms with E-state index in [9.17, 15) is 8.42 Å². The molecule has 0 unspecified atom stereocenters. The van der Waals surface area contributed by atoms with Gasteiger partial charge in [-0.05, 0) is 24.3 Å². The van der Waals surface area contributed by atoms with Crippen LogP contribution in [0.4, 0.5) is 0 Å². The van der Waals surface area contributed by atoms with Crippen molar-refractivity contribution in [3.05, 3.63) is 60.7 Å². The van der Waals surface area contributed by atoms with Crippen LogP contribution in [0.3, 0.4) is 0 Å². The minimum atomic E-state index is -3.43. The van der Waals surface area contributed by atoms with E-state index in [0.29, 0.717) is 0 Å². The van der Waals surface area contributed by atoms with Gasteiger partial charge in [0.15, 0.2) is 0 Å². The third-order valence-corrected chi connectivity index (χ3v) is 3.68. The van der Waals surface area contributed by atoms with Crippen molar-refractivity contribution in [2.24, 2.45) is 0 Å². The van der Waals surface area contributed by atoms with Crippen LogP contribution in [0.5, 0.6) is 0 Å². The molecule has 0 bridgehead atoms. The second kappa shape index (κ2) is 3.87. The minimum absolute atomic E-state index is 0.149. The zero-order chi connectivity index (χ0) is 10.7. The predicted molar refractivity (Wildman–Crippen MR) is 56.0 cm³/mol. The second-order valence-electron chi connectivity index (χ2n) is 2.98. The topological polar surface area (TPSA) is 34.1 Å². The average Bonchev–Trinajstić information content (AvgIpc) is 2.31. The third-order valence-electron chi connectivity index (χ3n) is 1.97. The van der Waals surface area contributed by atoms with Crippen LogP contribution in [0, 0.1) is 12.1 Å². The summed E-state index contributed by atoms with van der Waals surface area (Å²) in [6, 6.07) is 18.3. The van der Waals surface area contributed by atoms with Gasteiger partial charge in [0, 0.05) is 6.07 Å².